The minimum Gasteiger partial charge on any atom is -0.327 e. The van der Waals surface area contributed by atoms with E-state index in [1.165, 1.54) is 0 Å². The predicted octanol–water partition coefficient (Wildman–Crippen LogP) is 0.389. The average Bonchev–Trinajstić information content (AvgIpc) is 2.71. The topological polar surface area (TPSA) is 93.8 Å². The maximum atomic E-state index is 11.8. The van der Waals surface area contributed by atoms with Crippen molar-refractivity contribution in [2.24, 2.45) is 11.7 Å². The number of hydrogen-bond donors (Lipinski definition) is 2. The third-order valence-electron chi connectivity index (χ3n) is 2.69. The van der Waals surface area contributed by atoms with Crippen molar-refractivity contribution in [1.82, 2.24) is 14.8 Å². The molecule has 7 heteroatoms. The Morgan fingerprint density at radius 1 is 1.47 bits per heavy atom. The Bertz CT molecular complexity index is 328. The second-order valence-electron chi connectivity index (χ2n) is 3.71. The number of carbonyl (C=O) groups excluding carboxylic acids is 1. The summed E-state index contributed by atoms with van der Waals surface area (Å²) in [6.07, 6.45) is 3.97. The summed E-state index contributed by atoms with van der Waals surface area (Å²) in [6.45, 7) is 0. The van der Waals surface area contributed by atoms with Gasteiger partial charge in [-0.05, 0) is 18.1 Å². The number of carbonyl (C=O) groups is 1. The van der Waals surface area contributed by atoms with Gasteiger partial charge in [0.2, 0.25) is 11.0 Å². The molecule has 1 aliphatic rings. The van der Waals surface area contributed by atoms with Crippen molar-refractivity contribution >= 4 is 22.6 Å². The molecular weight excluding hydrogens is 214 g/mol. The lowest BCUT2D eigenvalue weighted by molar-refractivity contribution is -0.121. The molecule has 0 radical (unpaired) electrons. The van der Waals surface area contributed by atoms with E-state index in [2.05, 4.69) is 20.1 Å². The lowest BCUT2D eigenvalue weighted by atomic mass is 9.84. The van der Waals surface area contributed by atoms with E-state index in [1.54, 1.807) is 0 Å². The normalized spacial score (nSPS) is 26.2. The summed E-state index contributed by atoms with van der Waals surface area (Å²) in [4.78, 5) is 11.8. The smallest absolute Gasteiger partial charge is 0.231 e. The predicted molar refractivity (Wildman–Crippen MR) is 56.3 cm³/mol. The zero-order valence-electron chi connectivity index (χ0n) is 8.22. The molecule has 82 valence electrons. The monoisotopic (exact) mass is 227 g/mol. The first-order valence-electron chi connectivity index (χ1n) is 4.99. The summed E-state index contributed by atoms with van der Waals surface area (Å²) in [7, 11) is 0. The van der Waals surface area contributed by atoms with Crippen LogP contribution in [0.1, 0.15) is 25.7 Å². The van der Waals surface area contributed by atoms with Crippen LogP contribution in [0.3, 0.4) is 0 Å². The van der Waals surface area contributed by atoms with Crippen molar-refractivity contribution in [2.75, 3.05) is 5.32 Å². The average molecular weight is 227 g/mol. The molecule has 1 aliphatic carbocycles. The second kappa shape index (κ2) is 4.63. The maximum absolute atomic E-state index is 11.8. The Kier molecular flexibility index (Phi) is 3.22. The van der Waals surface area contributed by atoms with Crippen LogP contribution in [0.4, 0.5) is 5.13 Å². The van der Waals surface area contributed by atoms with Gasteiger partial charge in [-0.15, -0.1) is 0 Å². The molecule has 0 spiro atoms. The van der Waals surface area contributed by atoms with Crippen molar-refractivity contribution in [3.05, 3.63) is 0 Å². The molecule has 15 heavy (non-hydrogen) atoms. The van der Waals surface area contributed by atoms with E-state index in [-0.39, 0.29) is 17.9 Å². The standard InChI is InChI=1S/C8H13N5OS/c9-6-4-2-1-3-5(6)7(14)10-8-11-12-13-15-8/h5-6H,1-4,9H2,(H,10,11,13,14). The third-order valence-corrected chi connectivity index (χ3v) is 3.20. The molecule has 0 bridgehead atoms. The molecule has 2 unspecified atom stereocenters. The molecule has 2 atom stereocenters. The molecule has 0 aromatic carbocycles. The fraction of sp³-hybridized carbons (Fsp3) is 0.750. The Morgan fingerprint density at radius 2 is 2.27 bits per heavy atom. The van der Waals surface area contributed by atoms with E-state index in [1.807, 2.05) is 0 Å². The molecule has 2 rings (SSSR count). The molecule has 1 aromatic rings. The Balaban J connectivity index is 1.95. The highest BCUT2D eigenvalue weighted by atomic mass is 32.1. The number of aromatic nitrogens is 3. The summed E-state index contributed by atoms with van der Waals surface area (Å²) in [5, 5.41) is 10.2. The number of anilines is 1. The molecule has 3 N–H and O–H groups in total. The zero-order valence-corrected chi connectivity index (χ0v) is 9.04. The van der Waals surface area contributed by atoms with E-state index < -0.39 is 0 Å². The van der Waals surface area contributed by atoms with Gasteiger partial charge in [0.1, 0.15) is 0 Å². The molecule has 0 aliphatic heterocycles. The first kappa shape index (κ1) is 10.4. The van der Waals surface area contributed by atoms with Crippen LogP contribution in [-0.2, 0) is 4.79 Å². The van der Waals surface area contributed by atoms with Crippen LogP contribution in [0.25, 0.3) is 0 Å². The van der Waals surface area contributed by atoms with E-state index in [0.29, 0.717) is 5.13 Å². The van der Waals surface area contributed by atoms with Crippen LogP contribution in [0.2, 0.25) is 0 Å². The van der Waals surface area contributed by atoms with Gasteiger partial charge in [0.25, 0.3) is 0 Å². The fourth-order valence-corrected chi connectivity index (χ4v) is 2.23. The minimum absolute atomic E-state index is 0.0281. The number of amides is 1. The van der Waals surface area contributed by atoms with Gasteiger partial charge in [0.15, 0.2) is 0 Å². The van der Waals surface area contributed by atoms with Crippen molar-refractivity contribution in [1.29, 1.82) is 0 Å². The lowest BCUT2D eigenvalue weighted by Crippen LogP contribution is -2.40. The maximum Gasteiger partial charge on any atom is 0.231 e. The van der Waals surface area contributed by atoms with Crippen LogP contribution >= 0.6 is 11.5 Å². The molecule has 6 nitrogen and oxygen atoms in total. The fourth-order valence-electron chi connectivity index (χ4n) is 1.87. The Morgan fingerprint density at radius 3 is 2.93 bits per heavy atom. The largest absolute Gasteiger partial charge is 0.327 e. The van der Waals surface area contributed by atoms with Gasteiger partial charge >= 0.3 is 0 Å². The van der Waals surface area contributed by atoms with Crippen LogP contribution in [0.5, 0.6) is 0 Å². The van der Waals surface area contributed by atoms with Crippen molar-refractivity contribution in [2.45, 2.75) is 31.7 Å². The van der Waals surface area contributed by atoms with Crippen LogP contribution in [0, 0.1) is 5.92 Å². The number of nitrogens with one attached hydrogen (secondary N) is 1. The van der Waals surface area contributed by atoms with Gasteiger partial charge in [0, 0.05) is 17.6 Å². The molecular formula is C8H13N5OS. The highest BCUT2D eigenvalue weighted by Crippen LogP contribution is 2.24. The van der Waals surface area contributed by atoms with Crippen LogP contribution in [0.15, 0.2) is 0 Å². The summed E-state index contributed by atoms with van der Waals surface area (Å²) < 4.78 is 3.57. The number of hydrogen-bond acceptors (Lipinski definition) is 6. The van der Waals surface area contributed by atoms with Gasteiger partial charge in [0.05, 0.1) is 5.92 Å². The minimum atomic E-state index is -0.0948. The highest BCUT2D eigenvalue weighted by Gasteiger charge is 2.28. The number of rotatable bonds is 2. The van der Waals surface area contributed by atoms with Gasteiger partial charge in [-0.1, -0.05) is 22.4 Å². The quantitative estimate of drug-likeness (QED) is 0.762. The number of nitrogens with two attached hydrogens (primary N) is 1. The first-order chi connectivity index (χ1) is 7.27. The second-order valence-corrected chi connectivity index (χ2v) is 4.44. The van der Waals surface area contributed by atoms with Crippen molar-refractivity contribution in [3.8, 4) is 0 Å². The molecule has 1 saturated carbocycles. The van der Waals surface area contributed by atoms with Gasteiger partial charge in [-0.2, -0.15) is 0 Å². The van der Waals surface area contributed by atoms with E-state index in [4.69, 9.17) is 5.73 Å². The van der Waals surface area contributed by atoms with Crippen molar-refractivity contribution < 1.29 is 4.79 Å². The van der Waals surface area contributed by atoms with Crippen LogP contribution < -0.4 is 11.1 Å². The first-order valence-corrected chi connectivity index (χ1v) is 5.76. The summed E-state index contributed by atoms with van der Waals surface area (Å²) in [5.74, 6) is -0.150. The Labute approximate surface area is 91.4 Å². The molecule has 0 saturated heterocycles. The molecule has 1 amide bonds. The van der Waals surface area contributed by atoms with Crippen LogP contribution in [-0.4, -0.2) is 26.7 Å². The van der Waals surface area contributed by atoms with Gasteiger partial charge in [-0.3, -0.25) is 10.1 Å². The molecule has 1 fully saturated rings. The van der Waals surface area contributed by atoms with E-state index in [0.717, 1.165) is 37.2 Å². The zero-order chi connectivity index (χ0) is 10.7. The van der Waals surface area contributed by atoms with Gasteiger partial charge < -0.3 is 5.73 Å². The van der Waals surface area contributed by atoms with E-state index >= 15 is 0 Å². The number of nitrogens with zero attached hydrogens (tertiary/aromatic N) is 3. The summed E-state index contributed by atoms with van der Waals surface area (Å²) >= 11 is 1.07. The van der Waals surface area contributed by atoms with E-state index in [9.17, 15) is 4.79 Å². The molecule has 1 aromatic heterocycles. The Hall–Kier alpha value is -1.08. The summed E-state index contributed by atoms with van der Waals surface area (Å²) in [6, 6.07) is -0.0281. The lowest BCUT2D eigenvalue weighted by Gasteiger charge is -2.26. The van der Waals surface area contributed by atoms with Crippen molar-refractivity contribution in [3.63, 3.8) is 0 Å². The highest BCUT2D eigenvalue weighted by molar-refractivity contribution is 7.09. The molecule has 1 heterocycles. The van der Waals surface area contributed by atoms with Gasteiger partial charge in [-0.25, -0.2) is 0 Å². The third kappa shape index (κ3) is 2.48. The summed E-state index contributed by atoms with van der Waals surface area (Å²) in [5.41, 5.74) is 5.90. The SMILES string of the molecule is NC1CCCCC1C(=O)Nc1nnns1.